The molecule has 0 bridgehead atoms. The normalized spacial score (nSPS) is 19.5. The van der Waals surface area contributed by atoms with Gasteiger partial charge in [-0.25, -0.2) is 0 Å². The van der Waals surface area contributed by atoms with E-state index >= 15 is 0 Å². The van der Waals surface area contributed by atoms with E-state index in [-0.39, 0.29) is 6.10 Å². The van der Waals surface area contributed by atoms with Crippen LogP contribution in [-0.4, -0.2) is 57.7 Å². The summed E-state index contributed by atoms with van der Waals surface area (Å²) in [6, 6.07) is 25.6. The molecule has 3 aromatic rings. The molecular formula is C29H34N2O4. The van der Waals surface area contributed by atoms with Gasteiger partial charge in [-0.15, -0.1) is 0 Å². The molecule has 0 aliphatic carbocycles. The molecule has 0 saturated carbocycles. The summed E-state index contributed by atoms with van der Waals surface area (Å²) in [5.41, 5.74) is 4.85. The molecule has 2 aliphatic heterocycles. The molecule has 0 N–H and O–H groups in total. The number of hydrogen-bond acceptors (Lipinski definition) is 6. The Bertz CT molecular complexity index is 1060. The van der Waals surface area contributed by atoms with Crippen molar-refractivity contribution in [3.05, 3.63) is 83.9 Å². The maximum atomic E-state index is 6.19. The van der Waals surface area contributed by atoms with Crippen molar-refractivity contribution in [2.45, 2.75) is 31.6 Å². The van der Waals surface area contributed by atoms with Crippen molar-refractivity contribution in [1.29, 1.82) is 0 Å². The van der Waals surface area contributed by atoms with Crippen molar-refractivity contribution < 1.29 is 18.9 Å². The zero-order valence-corrected chi connectivity index (χ0v) is 20.6. The van der Waals surface area contributed by atoms with Crippen LogP contribution in [0, 0.1) is 0 Å². The van der Waals surface area contributed by atoms with Gasteiger partial charge in [0.2, 0.25) is 0 Å². The van der Waals surface area contributed by atoms with Gasteiger partial charge in [0.15, 0.2) is 0 Å². The number of anilines is 2. The van der Waals surface area contributed by atoms with Crippen LogP contribution in [0.15, 0.2) is 72.8 Å². The van der Waals surface area contributed by atoms with Crippen LogP contribution in [0.25, 0.3) is 0 Å². The average molecular weight is 475 g/mol. The van der Waals surface area contributed by atoms with Crippen molar-refractivity contribution in [3.8, 4) is 11.5 Å². The Hall–Kier alpha value is -3.06. The zero-order chi connectivity index (χ0) is 24.0. The fourth-order valence-corrected chi connectivity index (χ4v) is 5.14. The Morgan fingerprint density at radius 2 is 1.69 bits per heavy atom. The van der Waals surface area contributed by atoms with Crippen LogP contribution < -0.4 is 14.4 Å². The molecule has 0 amide bonds. The van der Waals surface area contributed by atoms with E-state index in [1.807, 2.05) is 18.2 Å². The molecule has 0 radical (unpaired) electrons. The molecule has 1 saturated heterocycles. The number of fused-ring (bicyclic) bond motifs is 2. The molecule has 1 fully saturated rings. The summed E-state index contributed by atoms with van der Waals surface area (Å²) in [6.07, 6.45) is 2.10. The van der Waals surface area contributed by atoms with Crippen molar-refractivity contribution in [2.75, 3.05) is 45.5 Å². The number of likely N-dealkylation sites (tertiary alicyclic amines) is 1. The fourth-order valence-electron chi connectivity index (χ4n) is 5.14. The summed E-state index contributed by atoms with van der Waals surface area (Å²) >= 11 is 0. The van der Waals surface area contributed by atoms with Crippen molar-refractivity contribution in [2.24, 2.45) is 0 Å². The highest BCUT2D eigenvalue weighted by molar-refractivity contribution is 5.72. The van der Waals surface area contributed by atoms with Crippen LogP contribution in [0.5, 0.6) is 11.5 Å². The second-order valence-electron chi connectivity index (χ2n) is 9.17. The second-order valence-corrected chi connectivity index (χ2v) is 9.17. The smallest absolute Gasteiger partial charge is 0.146 e. The van der Waals surface area contributed by atoms with Crippen LogP contribution in [0.1, 0.15) is 17.5 Å². The van der Waals surface area contributed by atoms with Crippen LogP contribution >= 0.6 is 0 Å². The van der Waals surface area contributed by atoms with Gasteiger partial charge in [0, 0.05) is 44.0 Å². The SMILES string of the molecule is COCO[C@@H]1C[C@H](CN2c3ccccc3COc3ccccc32)N(CCc2ccc(OC)cc2)C1. The first kappa shape index (κ1) is 23.7. The van der Waals surface area contributed by atoms with Crippen molar-refractivity contribution in [1.82, 2.24) is 4.90 Å². The standard InChI is InChI=1S/C29H34N2O4/c1-32-21-35-26-17-24(30(19-26)16-15-22-11-13-25(33-2)14-12-22)18-31-27-8-4-3-7-23(27)20-34-29-10-6-5-9-28(29)31/h3-14,24,26H,15-21H2,1-2H3/t24-,26-/m1/s1. The van der Waals surface area contributed by atoms with E-state index in [1.165, 1.54) is 16.8 Å². The molecular weight excluding hydrogens is 440 g/mol. The quantitative estimate of drug-likeness (QED) is 0.405. The molecule has 0 aromatic heterocycles. The number of methoxy groups -OCH3 is 2. The van der Waals surface area contributed by atoms with Gasteiger partial charge in [-0.05, 0) is 48.7 Å². The van der Waals surface area contributed by atoms with Crippen LogP contribution in [0.3, 0.4) is 0 Å². The lowest BCUT2D eigenvalue weighted by Gasteiger charge is -2.32. The molecule has 2 atom stereocenters. The molecule has 5 rings (SSSR count). The first-order chi connectivity index (χ1) is 17.2. The number of benzene rings is 3. The molecule has 0 spiro atoms. The first-order valence-corrected chi connectivity index (χ1v) is 12.3. The highest BCUT2D eigenvalue weighted by atomic mass is 16.7. The lowest BCUT2D eigenvalue weighted by Crippen LogP contribution is -2.39. The molecule has 2 aliphatic rings. The highest BCUT2D eigenvalue weighted by Gasteiger charge is 2.35. The van der Waals surface area contributed by atoms with Crippen molar-refractivity contribution in [3.63, 3.8) is 0 Å². The Morgan fingerprint density at radius 3 is 2.49 bits per heavy atom. The minimum Gasteiger partial charge on any atom is -0.497 e. The Labute approximate surface area is 208 Å². The Kier molecular flexibility index (Phi) is 7.52. The third kappa shape index (κ3) is 5.45. The summed E-state index contributed by atoms with van der Waals surface area (Å²) in [7, 11) is 3.38. The van der Waals surface area contributed by atoms with Gasteiger partial charge in [-0.2, -0.15) is 0 Å². The number of ether oxygens (including phenoxy) is 4. The summed E-state index contributed by atoms with van der Waals surface area (Å²) in [5.74, 6) is 1.82. The highest BCUT2D eigenvalue weighted by Crippen LogP contribution is 2.40. The van der Waals surface area contributed by atoms with Gasteiger partial charge in [0.05, 0.1) is 18.9 Å². The van der Waals surface area contributed by atoms with Gasteiger partial charge in [0.1, 0.15) is 24.9 Å². The fraction of sp³-hybridized carbons (Fsp3) is 0.379. The molecule has 35 heavy (non-hydrogen) atoms. The third-order valence-electron chi connectivity index (χ3n) is 6.97. The number of nitrogens with zero attached hydrogens (tertiary/aromatic N) is 2. The monoisotopic (exact) mass is 474 g/mol. The largest absolute Gasteiger partial charge is 0.497 e. The van der Waals surface area contributed by atoms with Gasteiger partial charge in [-0.3, -0.25) is 4.90 Å². The van der Waals surface area contributed by atoms with Gasteiger partial charge in [-0.1, -0.05) is 42.5 Å². The van der Waals surface area contributed by atoms with E-state index in [0.717, 1.165) is 49.7 Å². The van der Waals surface area contributed by atoms with E-state index in [9.17, 15) is 0 Å². The molecule has 0 unspecified atom stereocenters. The van der Waals surface area contributed by atoms with E-state index < -0.39 is 0 Å². The first-order valence-electron chi connectivity index (χ1n) is 12.3. The average Bonchev–Trinajstić information content (AvgIpc) is 3.22. The molecule has 184 valence electrons. The molecule has 2 heterocycles. The summed E-state index contributed by atoms with van der Waals surface area (Å²) in [5, 5.41) is 0. The maximum Gasteiger partial charge on any atom is 0.146 e. The van der Waals surface area contributed by atoms with E-state index in [2.05, 4.69) is 64.4 Å². The zero-order valence-electron chi connectivity index (χ0n) is 20.6. The maximum absolute atomic E-state index is 6.19. The number of rotatable bonds is 9. The number of para-hydroxylation sites is 3. The van der Waals surface area contributed by atoms with Crippen LogP contribution in [0.2, 0.25) is 0 Å². The van der Waals surface area contributed by atoms with Crippen LogP contribution in [0.4, 0.5) is 11.4 Å². The topological polar surface area (TPSA) is 43.4 Å². The summed E-state index contributed by atoms with van der Waals surface area (Å²) < 4.78 is 22.7. The summed E-state index contributed by atoms with van der Waals surface area (Å²) in [4.78, 5) is 5.00. The predicted octanol–water partition coefficient (Wildman–Crippen LogP) is 5.03. The van der Waals surface area contributed by atoms with Gasteiger partial charge in [0.25, 0.3) is 0 Å². The van der Waals surface area contributed by atoms with E-state index in [4.69, 9.17) is 18.9 Å². The predicted molar refractivity (Wildman–Crippen MR) is 138 cm³/mol. The lowest BCUT2D eigenvalue weighted by atomic mass is 10.1. The number of hydrogen-bond donors (Lipinski definition) is 0. The van der Waals surface area contributed by atoms with E-state index in [0.29, 0.717) is 19.4 Å². The van der Waals surface area contributed by atoms with Gasteiger partial charge >= 0.3 is 0 Å². The van der Waals surface area contributed by atoms with E-state index in [1.54, 1.807) is 14.2 Å². The molecule has 3 aromatic carbocycles. The van der Waals surface area contributed by atoms with Gasteiger partial charge < -0.3 is 23.8 Å². The third-order valence-corrected chi connectivity index (χ3v) is 6.97. The molecule has 6 heteroatoms. The van der Waals surface area contributed by atoms with Crippen LogP contribution in [-0.2, 0) is 22.5 Å². The Morgan fingerprint density at radius 1 is 0.914 bits per heavy atom. The van der Waals surface area contributed by atoms with Crippen molar-refractivity contribution >= 4 is 11.4 Å². The Balaban J connectivity index is 1.38. The lowest BCUT2D eigenvalue weighted by molar-refractivity contribution is -0.0671. The second kappa shape index (κ2) is 11.1. The summed E-state index contributed by atoms with van der Waals surface area (Å²) in [6.45, 7) is 3.64. The minimum atomic E-state index is 0.157. The molecule has 6 nitrogen and oxygen atoms in total. The minimum absolute atomic E-state index is 0.157.